The molecule has 0 unspecified atom stereocenters. The standard InChI is InChI=1S/C21H18Cl2N2O5/c1-27-18-8-12(9-19(28-2)20(18)29-3)21(26)25-24-11-14-5-7-17(30-14)15-10-13(22)4-6-16(15)23/h4-11H,1-3H3,(H,25,26)/b24-11-. The van der Waals surface area contributed by atoms with Crippen LogP contribution in [0.2, 0.25) is 10.0 Å². The highest BCUT2D eigenvalue weighted by atomic mass is 35.5. The van der Waals surface area contributed by atoms with E-state index in [9.17, 15) is 4.79 Å². The van der Waals surface area contributed by atoms with Gasteiger partial charge in [0.15, 0.2) is 11.5 Å². The van der Waals surface area contributed by atoms with Crippen LogP contribution in [0.5, 0.6) is 17.2 Å². The van der Waals surface area contributed by atoms with E-state index in [1.165, 1.54) is 39.7 Å². The molecule has 0 bridgehead atoms. The summed E-state index contributed by atoms with van der Waals surface area (Å²) >= 11 is 12.2. The molecule has 9 heteroatoms. The molecule has 0 aliphatic heterocycles. The summed E-state index contributed by atoms with van der Waals surface area (Å²) in [4.78, 5) is 12.4. The van der Waals surface area contributed by atoms with Gasteiger partial charge in [0.1, 0.15) is 11.5 Å². The molecule has 0 radical (unpaired) electrons. The number of methoxy groups -OCH3 is 3. The first-order chi connectivity index (χ1) is 14.5. The first-order valence-corrected chi connectivity index (χ1v) is 9.41. The summed E-state index contributed by atoms with van der Waals surface area (Å²) in [6.45, 7) is 0. The number of nitrogens with one attached hydrogen (secondary N) is 1. The lowest BCUT2D eigenvalue weighted by Crippen LogP contribution is -2.18. The average molecular weight is 449 g/mol. The minimum absolute atomic E-state index is 0.285. The molecule has 0 spiro atoms. The molecule has 156 valence electrons. The molecule has 30 heavy (non-hydrogen) atoms. The van der Waals surface area contributed by atoms with Gasteiger partial charge in [0.25, 0.3) is 5.91 Å². The molecule has 0 aliphatic rings. The maximum absolute atomic E-state index is 12.4. The smallest absolute Gasteiger partial charge is 0.271 e. The highest BCUT2D eigenvalue weighted by Crippen LogP contribution is 2.38. The zero-order valence-electron chi connectivity index (χ0n) is 16.4. The van der Waals surface area contributed by atoms with E-state index in [2.05, 4.69) is 10.5 Å². The number of halogens is 2. The predicted molar refractivity (Wildman–Crippen MR) is 115 cm³/mol. The summed E-state index contributed by atoms with van der Waals surface area (Å²) in [5.74, 6) is 1.60. The molecular formula is C21H18Cl2N2O5. The van der Waals surface area contributed by atoms with Crippen LogP contribution in [0.25, 0.3) is 11.3 Å². The molecule has 0 atom stereocenters. The van der Waals surface area contributed by atoms with E-state index >= 15 is 0 Å². The third-order valence-corrected chi connectivity index (χ3v) is 4.67. The van der Waals surface area contributed by atoms with Crippen molar-refractivity contribution >= 4 is 35.3 Å². The van der Waals surface area contributed by atoms with Gasteiger partial charge in [-0.25, -0.2) is 5.43 Å². The number of benzene rings is 2. The fourth-order valence-corrected chi connectivity index (χ4v) is 3.07. The Bertz CT molecular complexity index is 1070. The molecule has 0 saturated heterocycles. The zero-order valence-corrected chi connectivity index (χ0v) is 17.9. The summed E-state index contributed by atoms with van der Waals surface area (Å²) in [6, 6.07) is 11.6. The Balaban J connectivity index is 1.74. The van der Waals surface area contributed by atoms with E-state index in [4.69, 9.17) is 41.8 Å². The third-order valence-electron chi connectivity index (χ3n) is 4.11. The second-order valence-corrected chi connectivity index (χ2v) is 6.78. The Morgan fingerprint density at radius 3 is 2.33 bits per heavy atom. The lowest BCUT2D eigenvalue weighted by Gasteiger charge is -2.13. The van der Waals surface area contributed by atoms with Crippen LogP contribution in [-0.2, 0) is 0 Å². The molecule has 7 nitrogen and oxygen atoms in total. The summed E-state index contributed by atoms with van der Waals surface area (Å²) < 4.78 is 21.4. The van der Waals surface area contributed by atoms with Crippen LogP contribution in [0.4, 0.5) is 0 Å². The van der Waals surface area contributed by atoms with Gasteiger partial charge in [-0.15, -0.1) is 0 Å². The predicted octanol–water partition coefficient (Wildman–Crippen LogP) is 5.04. The number of carbonyl (C=O) groups excluding carboxylic acids is 1. The number of hydrogen-bond donors (Lipinski definition) is 1. The van der Waals surface area contributed by atoms with Gasteiger partial charge in [0.2, 0.25) is 5.75 Å². The van der Waals surface area contributed by atoms with Gasteiger partial charge in [-0.2, -0.15) is 5.10 Å². The van der Waals surface area contributed by atoms with Crippen LogP contribution in [-0.4, -0.2) is 33.5 Å². The Labute approximate surface area is 183 Å². The third kappa shape index (κ3) is 4.69. The van der Waals surface area contributed by atoms with Crippen molar-refractivity contribution in [3.8, 4) is 28.6 Å². The fourth-order valence-electron chi connectivity index (χ4n) is 2.68. The number of hydrogen-bond acceptors (Lipinski definition) is 6. The maximum Gasteiger partial charge on any atom is 0.271 e. The van der Waals surface area contributed by atoms with Crippen molar-refractivity contribution in [2.45, 2.75) is 0 Å². The quantitative estimate of drug-likeness (QED) is 0.404. The van der Waals surface area contributed by atoms with Crippen molar-refractivity contribution in [3.63, 3.8) is 0 Å². The molecule has 3 rings (SSSR count). The largest absolute Gasteiger partial charge is 0.493 e. The number of ether oxygens (including phenoxy) is 3. The minimum atomic E-state index is -0.463. The van der Waals surface area contributed by atoms with Gasteiger partial charge >= 0.3 is 0 Å². The number of amides is 1. The van der Waals surface area contributed by atoms with Crippen molar-refractivity contribution in [1.82, 2.24) is 5.43 Å². The van der Waals surface area contributed by atoms with E-state index in [1.54, 1.807) is 30.3 Å². The second kappa shape index (κ2) is 9.56. The number of rotatable bonds is 7. The average Bonchev–Trinajstić information content (AvgIpc) is 3.22. The normalized spacial score (nSPS) is 10.8. The first-order valence-electron chi connectivity index (χ1n) is 8.65. The van der Waals surface area contributed by atoms with Crippen LogP contribution >= 0.6 is 23.2 Å². The highest BCUT2D eigenvalue weighted by molar-refractivity contribution is 6.35. The molecule has 0 aliphatic carbocycles. The van der Waals surface area contributed by atoms with Gasteiger partial charge in [-0.05, 0) is 42.5 Å². The van der Waals surface area contributed by atoms with Crippen molar-refractivity contribution in [3.05, 3.63) is 63.8 Å². The fraction of sp³-hybridized carbons (Fsp3) is 0.143. The van der Waals surface area contributed by atoms with Gasteiger partial charge in [-0.1, -0.05) is 23.2 Å². The summed E-state index contributed by atoms with van der Waals surface area (Å²) in [5.41, 5.74) is 3.37. The Morgan fingerprint density at radius 1 is 1.00 bits per heavy atom. The molecule has 1 heterocycles. The molecule has 0 fully saturated rings. The monoisotopic (exact) mass is 448 g/mol. The summed E-state index contributed by atoms with van der Waals surface area (Å²) in [5, 5.41) is 4.98. The van der Waals surface area contributed by atoms with E-state index < -0.39 is 5.91 Å². The molecule has 2 aromatic carbocycles. The van der Waals surface area contributed by atoms with Crippen LogP contribution in [0.1, 0.15) is 16.1 Å². The maximum atomic E-state index is 12.4. The molecule has 1 aromatic heterocycles. The van der Waals surface area contributed by atoms with Crippen LogP contribution in [0.3, 0.4) is 0 Å². The van der Waals surface area contributed by atoms with Crippen molar-refractivity contribution in [2.75, 3.05) is 21.3 Å². The first kappa shape index (κ1) is 21.5. The van der Waals surface area contributed by atoms with Crippen molar-refractivity contribution < 1.29 is 23.4 Å². The Kier molecular flexibility index (Phi) is 6.87. The summed E-state index contributed by atoms with van der Waals surface area (Å²) in [7, 11) is 4.42. The van der Waals surface area contributed by atoms with E-state index in [0.29, 0.717) is 44.4 Å². The zero-order chi connectivity index (χ0) is 21.7. The Hall–Kier alpha value is -3.16. The molecule has 1 N–H and O–H groups in total. The van der Waals surface area contributed by atoms with Crippen LogP contribution < -0.4 is 19.6 Å². The highest BCUT2D eigenvalue weighted by Gasteiger charge is 2.16. The van der Waals surface area contributed by atoms with Crippen molar-refractivity contribution in [1.29, 1.82) is 0 Å². The van der Waals surface area contributed by atoms with Gasteiger partial charge in [0.05, 0.1) is 32.6 Å². The number of nitrogens with zero attached hydrogens (tertiary/aromatic N) is 1. The van der Waals surface area contributed by atoms with Crippen LogP contribution in [0.15, 0.2) is 52.0 Å². The van der Waals surface area contributed by atoms with Gasteiger partial charge < -0.3 is 18.6 Å². The molecule has 1 amide bonds. The van der Waals surface area contributed by atoms with E-state index in [0.717, 1.165) is 0 Å². The number of carbonyl (C=O) groups is 1. The summed E-state index contributed by atoms with van der Waals surface area (Å²) in [6.07, 6.45) is 1.37. The van der Waals surface area contributed by atoms with E-state index in [-0.39, 0.29) is 5.56 Å². The molecular weight excluding hydrogens is 431 g/mol. The van der Waals surface area contributed by atoms with Crippen molar-refractivity contribution in [2.24, 2.45) is 5.10 Å². The minimum Gasteiger partial charge on any atom is -0.493 e. The Morgan fingerprint density at radius 2 is 1.70 bits per heavy atom. The molecule has 3 aromatic rings. The van der Waals surface area contributed by atoms with Crippen LogP contribution in [0, 0.1) is 0 Å². The van der Waals surface area contributed by atoms with Gasteiger partial charge in [-0.3, -0.25) is 4.79 Å². The topological polar surface area (TPSA) is 82.3 Å². The number of hydrazone groups is 1. The van der Waals surface area contributed by atoms with Gasteiger partial charge in [0, 0.05) is 16.1 Å². The second-order valence-electron chi connectivity index (χ2n) is 5.94. The molecule has 0 saturated carbocycles. The van der Waals surface area contributed by atoms with E-state index in [1.807, 2.05) is 0 Å². The number of furan rings is 1. The lowest BCUT2D eigenvalue weighted by molar-refractivity contribution is 0.0954. The SMILES string of the molecule is COc1cc(C(=O)N/N=C\c2ccc(-c3cc(Cl)ccc3Cl)o2)cc(OC)c1OC. The lowest BCUT2D eigenvalue weighted by atomic mass is 10.1.